The van der Waals surface area contributed by atoms with E-state index in [2.05, 4.69) is 25.9 Å². The Bertz CT molecular complexity index is 1010. The van der Waals surface area contributed by atoms with Crippen molar-refractivity contribution in [3.05, 3.63) is 59.7 Å². The van der Waals surface area contributed by atoms with Crippen molar-refractivity contribution in [3.8, 4) is 11.4 Å². The van der Waals surface area contributed by atoms with E-state index in [4.69, 9.17) is 0 Å². The van der Waals surface area contributed by atoms with Gasteiger partial charge in [0.15, 0.2) is 9.84 Å². The number of H-pyrrole nitrogens is 1. The lowest BCUT2D eigenvalue weighted by atomic mass is 10.0. The molecule has 0 aliphatic carbocycles. The number of sulfone groups is 1. The Morgan fingerprint density at radius 3 is 2.42 bits per heavy atom. The van der Waals surface area contributed by atoms with Crippen molar-refractivity contribution in [2.24, 2.45) is 0 Å². The number of nitrogens with one attached hydrogen (secondary N) is 2. The Hall–Kier alpha value is -3.07. The zero-order valence-corrected chi connectivity index (χ0v) is 15.0. The number of aromatic amines is 1. The van der Waals surface area contributed by atoms with Gasteiger partial charge in [-0.1, -0.05) is 30.3 Å². The van der Waals surface area contributed by atoms with Crippen LogP contribution in [-0.4, -0.2) is 41.2 Å². The molecule has 0 saturated carbocycles. The molecule has 134 valence electrons. The first-order valence-corrected chi connectivity index (χ1v) is 9.69. The third-order valence-corrected chi connectivity index (χ3v) is 5.04. The fourth-order valence-corrected chi connectivity index (χ4v) is 3.14. The summed E-state index contributed by atoms with van der Waals surface area (Å²) in [5, 5.41) is 16.6. The number of aromatic nitrogens is 4. The van der Waals surface area contributed by atoms with Gasteiger partial charge in [-0.2, -0.15) is 5.21 Å². The van der Waals surface area contributed by atoms with Crippen molar-refractivity contribution in [2.75, 3.05) is 6.26 Å². The zero-order chi connectivity index (χ0) is 18.7. The van der Waals surface area contributed by atoms with Gasteiger partial charge in [0.05, 0.1) is 16.5 Å². The van der Waals surface area contributed by atoms with E-state index in [0.717, 1.165) is 11.8 Å². The average Bonchev–Trinajstić information content (AvgIpc) is 3.15. The van der Waals surface area contributed by atoms with Crippen LogP contribution in [0.15, 0.2) is 53.4 Å². The van der Waals surface area contributed by atoms with Gasteiger partial charge in [-0.05, 0) is 35.9 Å². The molecule has 0 aliphatic heterocycles. The van der Waals surface area contributed by atoms with Crippen LogP contribution in [0.25, 0.3) is 11.4 Å². The molecule has 9 heteroatoms. The Labute approximate surface area is 150 Å². The first kappa shape index (κ1) is 17.7. The van der Waals surface area contributed by atoms with E-state index in [0.29, 0.717) is 17.0 Å². The maximum Gasteiger partial charge on any atom is 0.252 e. The largest absolute Gasteiger partial charge is 0.345 e. The molecule has 2 aromatic carbocycles. The quantitative estimate of drug-likeness (QED) is 0.706. The van der Waals surface area contributed by atoms with Gasteiger partial charge >= 0.3 is 0 Å². The van der Waals surface area contributed by atoms with Crippen LogP contribution >= 0.6 is 0 Å². The summed E-state index contributed by atoms with van der Waals surface area (Å²) in [7, 11) is -3.25. The zero-order valence-electron chi connectivity index (χ0n) is 14.2. The molecule has 1 aromatic heterocycles. The normalized spacial score (nSPS) is 12.5. The molecule has 0 spiro atoms. The third kappa shape index (κ3) is 3.77. The molecule has 0 radical (unpaired) electrons. The Balaban J connectivity index is 1.80. The third-order valence-electron chi connectivity index (χ3n) is 3.91. The van der Waals surface area contributed by atoms with Crippen LogP contribution < -0.4 is 5.32 Å². The van der Waals surface area contributed by atoms with E-state index in [9.17, 15) is 13.2 Å². The van der Waals surface area contributed by atoms with Crippen LogP contribution in [0.1, 0.15) is 28.9 Å². The molecule has 3 aromatic rings. The van der Waals surface area contributed by atoms with E-state index in [-0.39, 0.29) is 16.8 Å². The van der Waals surface area contributed by atoms with Gasteiger partial charge in [-0.3, -0.25) is 4.79 Å². The molecule has 1 amide bonds. The van der Waals surface area contributed by atoms with E-state index in [1.807, 2.05) is 6.92 Å². The molecule has 1 heterocycles. The van der Waals surface area contributed by atoms with Gasteiger partial charge in [0.25, 0.3) is 5.91 Å². The lowest BCUT2D eigenvalue weighted by Crippen LogP contribution is -2.27. The molecule has 26 heavy (non-hydrogen) atoms. The second-order valence-electron chi connectivity index (χ2n) is 5.82. The highest BCUT2D eigenvalue weighted by Gasteiger charge is 2.18. The first-order chi connectivity index (χ1) is 12.4. The van der Waals surface area contributed by atoms with Crippen LogP contribution in [0.4, 0.5) is 0 Å². The van der Waals surface area contributed by atoms with Crippen molar-refractivity contribution in [3.63, 3.8) is 0 Å². The van der Waals surface area contributed by atoms with Gasteiger partial charge in [-0.15, -0.1) is 10.2 Å². The minimum Gasteiger partial charge on any atom is -0.345 e. The minimum absolute atomic E-state index is 0.238. The average molecular weight is 371 g/mol. The lowest BCUT2D eigenvalue weighted by Gasteiger charge is -2.16. The molecule has 3 rings (SSSR count). The highest BCUT2D eigenvalue weighted by molar-refractivity contribution is 7.90. The van der Waals surface area contributed by atoms with Crippen molar-refractivity contribution in [1.29, 1.82) is 0 Å². The Morgan fingerprint density at radius 1 is 1.12 bits per heavy atom. The number of benzene rings is 2. The van der Waals surface area contributed by atoms with E-state index >= 15 is 0 Å². The van der Waals surface area contributed by atoms with Gasteiger partial charge in [0.1, 0.15) is 0 Å². The van der Waals surface area contributed by atoms with Crippen molar-refractivity contribution in [1.82, 2.24) is 25.9 Å². The molecular formula is C17H17N5O3S. The molecule has 0 saturated heterocycles. The van der Waals surface area contributed by atoms with Crippen LogP contribution in [-0.2, 0) is 9.84 Å². The summed E-state index contributed by atoms with van der Waals surface area (Å²) in [6, 6.07) is 13.1. The molecule has 8 nitrogen and oxygen atoms in total. The van der Waals surface area contributed by atoms with Crippen molar-refractivity contribution in [2.45, 2.75) is 17.9 Å². The molecule has 0 unspecified atom stereocenters. The van der Waals surface area contributed by atoms with Crippen molar-refractivity contribution < 1.29 is 13.2 Å². The Kier molecular flexibility index (Phi) is 4.81. The van der Waals surface area contributed by atoms with Gasteiger partial charge in [-0.25, -0.2) is 8.42 Å². The van der Waals surface area contributed by atoms with Gasteiger partial charge in [0, 0.05) is 11.8 Å². The standard InChI is InChI=1S/C17H17N5O3S/c1-11(12-7-9-13(10-8-12)26(2,24)25)18-17(23)15-6-4-3-5-14(15)16-19-21-22-20-16/h3-11H,1-2H3,(H,18,23)(H,19,20,21,22)/t11-/m1/s1. The fourth-order valence-electron chi connectivity index (χ4n) is 2.51. The summed E-state index contributed by atoms with van der Waals surface area (Å²) in [4.78, 5) is 12.9. The SMILES string of the molecule is C[C@@H](NC(=O)c1ccccc1-c1nn[nH]n1)c1ccc(S(C)(=O)=O)cc1. The van der Waals surface area contributed by atoms with Crippen molar-refractivity contribution >= 4 is 15.7 Å². The van der Waals surface area contributed by atoms with E-state index in [1.54, 1.807) is 36.4 Å². The Morgan fingerprint density at radius 2 is 1.81 bits per heavy atom. The highest BCUT2D eigenvalue weighted by atomic mass is 32.2. The molecular weight excluding hydrogens is 354 g/mol. The summed E-state index contributed by atoms with van der Waals surface area (Å²) < 4.78 is 23.1. The van der Waals surface area contributed by atoms with Crippen LogP contribution in [0, 0.1) is 0 Å². The number of amides is 1. The fraction of sp³-hybridized carbons (Fsp3) is 0.176. The van der Waals surface area contributed by atoms with Crippen LogP contribution in [0.2, 0.25) is 0 Å². The smallest absolute Gasteiger partial charge is 0.252 e. The highest BCUT2D eigenvalue weighted by Crippen LogP contribution is 2.21. The molecule has 2 N–H and O–H groups in total. The summed E-state index contributed by atoms with van der Waals surface area (Å²) in [6.45, 7) is 1.82. The summed E-state index contributed by atoms with van der Waals surface area (Å²) in [5.41, 5.74) is 1.79. The number of carbonyl (C=O) groups is 1. The predicted molar refractivity (Wildman–Crippen MR) is 95.0 cm³/mol. The van der Waals surface area contributed by atoms with E-state index < -0.39 is 9.84 Å². The number of tetrazole rings is 1. The second kappa shape index (κ2) is 7.04. The monoisotopic (exact) mass is 371 g/mol. The minimum atomic E-state index is -3.25. The number of nitrogens with zero attached hydrogens (tertiary/aromatic N) is 3. The summed E-state index contributed by atoms with van der Waals surface area (Å²) in [6.07, 6.45) is 1.15. The molecule has 1 atom stereocenters. The molecule has 0 fully saturated rings. The number of carbonyl (C=O) groups excluding carboxylic acids is 1. The maximum absolute atomic E-state index is 12.7. The number of rotatable bonds is 5. The summed E-state index contributed by atoms with van der Waals surface area (Å²) >= 11 is 0. The lowest BCUT2D eigenvalue weighted by molar-refractivity contribution is 0.0940. The van der Waals surface area contributed by atoms with Gasteiger partial charge in [0.2, 0.25) is 5.82 Å². The van der Waals surface area contributed by atoms with E-state index in [1.165, 1.54) is 12.1 Å². The van der Waals surface area contributed by atoms with Gasteiger partial charge < -0.3 is 5.32 Å². The predicted octanol–water partition coefficient (Wildman–Crippen LogP) is 1.76. The number of hydrogen-bond acceptors (Lipinski definition) is 6. The topological polar surface area (TPSA) is 118 Å². The second-order valence-corrected chi connectivity index (χ2v) is 7.83. The number of hydrogen-bond donors (Lipinski definition) is 2. The van der Waals surface area contributed by atoms with Crippen LogP contribution in [0.3, 0.4) is 0 Å². The van der Waals surface area contributed by atoms with Crippen LogP contribution in [0.5, 0.6) is 0 Å². The first-order valence-electron chi connectivity index (χ1n) is 7.80. The molecule has 0 aliphatic rings. The maximum atomic E-state index is 12.7. The molecule has 0 bridgehead atoms. The summed E-state index contributed by atoms with van der Waals surface area (Å²) in [5.74, 6) is 0.0472.